The molecule has 5 nitrogen and oxygen atoms in total. The number of hydrogen-bond donors (Lipinski definition) is 1. The molecule has 1 N–H and O–H groups in total. The number of rotatable bonds is 8. The van der Waals surface area contributed by atoms with Crippen molar-refractivity contribution >= 4 is 27.6 Å². The van der Waals surface area contributed by atoms with E-state index in [1.165, 1.54) is 0 Å². The third-order valence-corrected chi connectivity index (χ3v) is 5.09. The lowest BCUT2D eigenvalue weighted by molar-refractivity contribution is -0.145. The molecule has 0 amide bonds. The number of esters is 1. The first-order chi connectivity index (χ1) is 12.3. The third kappa shape index (κ3) is 6.05. The smallest absolute Gasteiger partial charge is 0.306 e. The Morgan fingerprint density at radius 3 is 2.46 bits per heavy atom. The highest BCUT2D eigenvalue weighted by Crippen LogP contribution is 2.15. The summed E-state index contributed by atoms with van der Waals surface area (Å²) in [6.07, 6.45) is 0.156. The fraction of sp³-hybridized carbons (Fsp3) is 0.235. The largest absolute Gasteiger partial charge is 0.461 e. The zero-order valence-electron chi connectivity index (χ0n) is 13.5. The number of ether oxygens (including phenoxy) is 1. The molecule has 0 saturated heterocycles. The molecule has 0 aromatic heterocycles. The first kappa shape index (κ1) is 20.3. The minimum absolute atomic E-state index is 0.0119. The van der Waals surface area contributed by atoms with Crippen LogP contribution in [0.2, 0.25) is 5.02 Å². The van der Waals surface area contributed by atoms with Crippen molar-refractivity contribution in [3.05, 3.63) is 64.7 Å². The highest BCUT2D eigenvalue weighted by molar-refractivity contribution is 7.89. The molecule has 0 aliphatic carbocycles. The van der Waals surface area contributed by atoms with Crippen LogP contribution in [0.1, 0.15) is 18.4 Å². The lowest BCUT2D eigenvalue weighted by Gasteiger charge is -2.08. The topological polar surface area (TPSA) is 72.5 Å². The second-order valence-corrected chi connectivity index (χ2v) is 7.54. The van der Waals surface area contributed by atoms with E-state index in [0.29, 0.717) is 11.1 Å². The number of halogens is 3. The normalized spacial score (nSPS) is 11.3. The lowest BCUT2D eigenvalue weighted by atomic mass is 10.2. The minimum atomic E-state index is -4.12. The molecule has 0 unspecified atom stereocenters. The van der Waals surface area contributed by atoms with E-state index in [0.717, 1.165) is 17.7 Å². The number of carbonyl (C=O) groups is 1. The molecule has 2 rings (SSSR count). The molecule has 0 saturated carbocycles. The maximum absolute atomic E-state index is 13.5. The molecular weight excluding hydrogens is 388 g/mol. The van der Waals surface area contributed by atoms with Gasteiger partial charge in [0.05, 0.1) is 0 Å². The molecule has 2 aromatic rings. The van der Waals surface area contributed by atoms with Crippen LogP contribution in [0.4, 0.5) is 8.78 Å². The van der Waals surface area contributed by atoms with Gasteiger partial charge < -0.3 is 4.74 Å². The van der Waals surface area contributed by atoms with E-state index in [9.17, 15) is 22.0 Å². The fourth-order valence-electron chi connectivity index (χ4n) is 2.03. The van der Waals surface area contributed by atoms with Gasteiger partial charge in [0.25, 0.3) is 0 Å². The number of benzene rings is 2. The summed E-state index contributed by atoms with van der Waals surface area (Å²) in [6.45, 7) is -0.00227. The quantitative estimate of drug-likeness (QED) is 0.541. The van der Waals surface area contributed by atoms with Crippen LogP contribution < -0.4 is 4.72 Å². The molecule has 0 bridgehead atoms. The Balaban J connectivity index is 1.75. The number of nitrogens with one attached hydrogen (secondary N) is 1. The second kappa shape index (κ2) is 9.07. The van der Waals surface area contributed by atoms with E-state index in [1.807, 2.05) is 0 Å². The van der Waals surface area contributed by atoms with Gasteiger partial charge >= 0.3 is 5.97 Å². The highest BCUT2D eigenvalue weighted by atomic mass is 35.5. The molecule has 0 radical (unpaired) electrons. The summed E-state index contributed by atoms with van der Waals surface area (Å²) >= 11 is 5.75. The van der Waals surface area contributed by atoms with Crippen molar-refractivity contribution in [2.24, 2.45) is 0 Å². The van der Waals surface area contributed by atoms with Crippen molar-refractivity contribution in [3.8, 4) is 0 Å². The third-order valence-electron chi connectivity index (χ3n) is 3.35. The van der Waals surface area contributed by atoms with Crippen molar-refractivity contribution in [1.82, 2.24) is 4.72 Å². The lowest BCUT2D eigenvalue weighted by Crippen LogP contribution is -2.26. The molecular formula is C17H16ClF2NO4S. The van der Waals surface area contributed by atoms with Crippen LogP contribution in [-0.2, 0) is 26.2 Å². The van der Waals surface area contributed by atoms with E-state index in [1.54, 1.807) is 24.3 Å². The molecule has 140 valence electrons. The predicted molar refractivity (Wildman–Crippen MR) is 92.0 cm³/mol. The van der Waals surface area contributed by atoms with Gasteiger partial charge in [0.1, 0.15) is 23.1 Å². The van der Waals surface area contributed by atoms with E-state index in [4.69, 9.17) is 16.3 Å². The maximum atomic E-state index is 13.5. The summed E-state index contributed by atoms with van der Waals surface area (Å²) < 4.78 is 57.5. The van der Waals surface area contributed by atoms with Gasteiger partial charge in [-0.1, -0.05) is 23.7 Å². The maximum Gasteiger partial charge on any atom is 0.306 e. The molecule has 0 heterocycles. The van der Waals surface area contributed by atoms with Gasteiger partial charge in [-0.15, -0.1) is 0 Å². The van der Waals surface area contributed by atoms with Gasteiger partial charge in [-0.25, -0.2) is 21.9 Å². The van der Waals surface area contributed by atoms with E-state index >= 15 is 0 Å². The number of sulfonamides is 1. The number of carbonyl (C=O) groups excluding carboxylic acids is 1. The molecule has 0 fully saturated rings. The van der Waals surface area contributed by atoms with Crippen molar-refractivity contribution in [2.75, 3.05) is 6.54 Å². The Morgan fingerprint density at radius 1 is 1.12 bits per heavy atom. The molecule has 0 aliphatic heterocycles. The summed E-state index contributed by atoms with van der Waals surface area (Å²) in [7, 11) is -4.12. The standard InChI is InChI=1S/C17H16ClF2NO4S/c18-13-5-3-12(4-6-13)11-25-17(22)2-1-9-21-26(23,24)16-8-7-14(19)10-15(16)20/h3-8,10,21H,1-2,9,11H2. The summed E-state index contributed by atoms with van der Waals surface area (Å²) in [5, 5.41) is 0.574. The van der Waals surface area contributed by atoms with E-state index in [2.05, 4.69) is 4.72 Å². The van der Waals surface area contributed by atoms with Crippen molar-refractivity contribution in [3.63, 3.8) is 0 Å². The molecule has 26 heavy (non-hydrogen) atoms. The zero-order valence-corrected chi connectivity index (χ0v) is 15.1. The van der Waals surface area contributed by atoms with Crippen LogP contribution in [0.3, 0.4) is 0 Å². The van der Waals surface area contributed by atoms with Gasteiger partial charge in [-0.05, 0) is 36.2 Å². The monoisotopic (exact) mass is 403 g/mol. The van der Waals surface area contributed by atoms with Crippen molar-refractivity contribution in [1.29, 1.82) is 0 Å². The molecule has 0 aliphatic rings. The van der Waals surface area contributed by atoms with Gasteiger partial charge in [0.15, 0.2) is 0 Å². The van der Waals surface area contributed by atoms with Crippen LogP contribution in [0.5, 0.6) is 0 Å². The highest BCUT2D eigenvalue weighted by Gasteiger charge is 2.19. The Bertz CT molecular complexity index is 873. The second-order valence-electron chi connectivity index (χ2n) is 5.36. The molecule has 0 spiro atoms. The minimum Gasteiger partial charge on any atom is -0.461 e. The number of hydrogen-bond acceptors (Lipinski definition) is 4. The fourth-order valence-corrected chi connectivity index (χ4v) is 3.28. The predicted octanol–water partition coefficient (Wildman–Crippen LogP) is 3.42. The molecule has 9 heteroatoms. The molecule has 0 atom stereocenters. The van der Waals surface area contributed by atoms with Gasteiger partial charge in [0.2, 0.25) is 10.0 Å². The summed E-state index contributed by atoms with van der Waals surface area (Å²) in [5.41, 5.74) is 0.773. The Labute approximate surface area is 155 Å². The average molecular weight is 404 g/mol. The van der Waals surface area contributed by atoms with Crippen LogP contribution in [0.15, 0.2) is 47.4 Å². The van der Waals surface area contributed by atoms with Crippen LogP contribution in [0, 0.1) is 11.6 Å². The Morgan fingerprint density at radius 2 is 1.81 bits per heavy atom. The summed E-state index contributed by atoms with van der Waals surface area (Å²) in [6, 6.07) is 8.98. The zero-order chi connectivity index (χ0) is 19.2. The van der Waals surface area contributed by atoms with Crippen LogP contribution in [-0.4, -0.2) is 20.9 Å². The first-order valence-electron chi connectivity index (χ1n) is 7.63. The van der Waals surface area contributed by atoms with Crippen molar-refractivity contribution < 1.29 is 26.7 Å². The van der Waals surface area contributed by atoms with Gasteiger partial charge in [-0.2, -0.15) is 0 Å². The molecule has 2 aromatic carbocycles. The van der Waals surface area contributed by atoms with Gasteiger partial charge in [-0.3, -0.25) is 4.79 Å². The van der Waals surface area contributed by atoms with E-state index in [-0.39, 0.29) is 26.0 Å². The SMILES string of the molecule is O=C(CCCNS(=O)(=O)c1ccc(F)cc1F)OCc1ccc(Cl)cc1. The summed E-state index contributed by atoms with van der Waals surface area (Å²) in [5.74, 6) is -2.54. The average Bonchev–Trinajstić information content (AvgIpc) is 2.58. The summed E-state index contributed by atoms with van der Waals surface area (Å²) in [4.78, 5) is 11.0. The Kier molecular flexibility index (Phi) is 7.07. The Hall–Kier alpha value is -2.03. The van der Waals surface area contributed by atoms with Gasteiger partial charge in [0, 0.05) is 24.1 Å². The van der Waals surface area contributed by atoms with Crippen LogP contribution in [0.25, 0.3) is 0 Å². The van der Waals surface area contributed by atoms with E-state index < -0.39 is 32.5 Å². The van der Waals surface area contributed by atoms with Crippen LogP contribution >= 0.6 is 11.6 Å². The first-order valence-corrected chi connectivity index (χ1v) is 9.49. The van der Waals surface area contributed by atoms with Crippen molar-refractivity contribution in [2.45, 2.75) is 24.3 Å².